The predicted molar refractivity (Wildman–Crippen MR) is 85.1 cm³/mol. The third-order valence-corrected chi connectivity index (χ3v) is 3.59. The summed E-state index contributed by atoms with van der Waals surface area (Å²) in [6.07, 6.45) is 1.69. The maximum atomic E-state index is 11.8. The standard InChI is InChI=1S/C18H19NO3/c1-2-3-11-21-14-8-6-7-13(12-14)19-17-15-9-4-5-10-16(15)18(20)22-17/h4-10,12,17,19H,2-3,11H2,1H3/t17-/m1/s1. The highest BCUT2D eigenvalue weighted by molar-refractivity contribution is 5.94. The summed E-state index contributed by atoms with van der Waals surface area (Å²) >= 11 is 0. The van der Waals surface area contributed by atoms with Crippen LogP contribution in [0.4, 0.5) is 5.69 Å². The minimum atomic E-state index is -0.449. The number of rotatable bonds is 6. The zero-order valence-electron chi connectivity index (χ0n) is 12.5. The van der Waals surface area contributed by atoms with Crippen molar-refractivity contribution in [2.75, 3.05) is 11.9 Å². The number of hydrogen-bond acceptors (Lipinski definition) is 4. The van der Waals surface area contributed by atoms with Crippen molar-refractivity contribution in [1.82, 2.24) is 0 Å². The fourth-order valence-electron chi connectivity index (χ4n) is 2.41. The van der Waals surface area contributed by atoms with Gasteiger partial charge in [-0.25, -0.2) is 4.79 Å². The van der Waals surface area contributed by atoms with Crippen molar-refractivity contribution >= 4 is 11.7 Å². The molecule has 0 amide bonds. The Balaban J connectivity index is 1.72. The zero-order valence-corrected chi connectivity index (χ0v) is 12.5. The van der Waals surface area contributed by atoms with E-state index in [0.717, 1.165) is 29.8 Å². The maximum absolute atomic E-state index is 11.8. The number of esters is 1. The molecule has 3 rings (SSSR count). The third-order valence-electron chi connectivity index (χ3n) is 3.59. The quantitative estimate of drug-likeness (QED) is 0.643. The van der Waals surface area contributed by atoms with Crippen LogP contribution in [0.3, 0.4) is 0 Å². The van der Waals surface area contributed by atoms with E-state index >= 15 is 0 Å². The number of hydrogen-bond donors (Lipinski definition) is 1. The number of fused-ring (bicyclic) bond motifs is 1. The van der Waals surface area contributed by atoms with Gasteiger partial charge in [0.1, 0.15) is 5.75 Å². The van der Waals surface area contributed by atoms with Gasteiger partial charge >= 0.3 is 5.97 Å². The summed E-state index contributed by atoms with van der Waals surface area (Å²) in [5.41, 5.74) is 2.35. The van der Waals surface area contributed by atoms with Crippen LogP contribution in [-0.2, 0) is 4.74 Å². The number of carbonyl (C=O) groups excluding carboxylic acids is 1. The summed E-state index contributed by atoms with van der Waals surface area (Å²) in [5, 5.41) is 3.24. The molecule has 1 heterocycles. The van der Waals surface area contributed by atoms with Gasteiger partial charge in [0.2, 0.25) is 6.23 Å². The van der Waals surface area contributed by atoms with Gasteiger partial charge in [-0.2, -0.15) is 0 Å². The van der Waals surface area contributed by atoms with Crippen molar-refractivity contribution in [2.24, 2.45) is 0 Å². The van der Waals surface area contributed by atoms with Gasteiger partial charge in [0.25, 0.3) is 0 Å². The van der Waals surface area contributed by atoms with Gasteiger partial charge in [-0.05, 0) is 24.6 Å². The fraction of sp³-hybridized carbons (Fsp3) is 0.278. The fourth-order valence-corrected chi connectivity index (χ4v) is 2.41. The van der Waals surface area contributed by atoms with Crippen LogP contribution in [0.25, 0.3) is 0 Å². The van der Waals surface area contributed by atoms with E-state index in [-0.39, 0.29) is 5.97 Å². The van der Waals surface area contributed by atoms with Crippen molar-refractivity contribution in [3.8, 4) is 5.75 Å². The van der Waals surface area contributed by atoms with Crippen LogP contribution < -0.4 is 10.1 Å². The van der Waals surface area contributed by atoms with Crippen LogP contribution in [0.15, 0.2) is 48.5 Å². The van der Waals surface area contributed by atoms with E-state index in [1.54, 1.807) is 6.07 Å². The Bertz CT molecular complexity index is 669. The Morgan fingerprint density at radius 1 is 1.18 bits per heavy atom. The summed E-state index contributed by atoms with van der Waals surface area (Å²) in [6.45, 7) is 2.84. The Morgan fingerprint density at radius 2 is 2.05 bits per heavy atom. The van der Waals surface area contributed by atoms with Crippen LogP contribution in [0.1, 0.15) is 41.9 Å². The summed E-state index contributed by atoms with van der Waals surface area (Å²) in [7, 11) is 0. The molecule has 0 aromatic heterocycles. The molecule has 1 aliphatic rings. The average Bonchev–Trinajstić information content (AvgIpc) is 2.85. The predicted octanol–water partition coefficient (Wildman–Crippen LogP) is 4.15. The molecule has 0 saturated carbocycles. The minimum absolute atomic E-state index is 0.288. The number of ether oxygens (including phenoxy) is 2. The molecule has 114 valence electrons. The second-order valence-electron chi connectivity index (χ2n) is 5.25. The highest BCUT2D eigenvalue weighted by Crippen LogP contribution is 2.32. The highest BCUT2D eigenvalue weighted by atomic mass is 16.6. The lowest BCUT2D eigenvalue weighted by Crippen LogP contribution is -2.10. The molecule has 0 radical (unpaired) electrons. The number of anilines is 1. The molecule has 1 N–H and O–H groups in total. The normalized spacial score (nSPS) is 16.0. The molecule has 22 heavy (non-hydrogen) atoms. The first-order valence-electron chi connectivity index (χ1n) is 7.57. The first kappa shape index (κ1) is 14.4. The minimum Gasteiger partial charge on any atom is -0.494 e. The smallest absolute Gasteiger partial charge is 0.340 e. The van der Waals surface area contributed by atoms with E-state index < -0.39 is 6.23 Å². The molecule has 1 atom stereocenters. The van der Waals surface area contributed by atoms with Crippen molar-refractivity contribution in [2.45, 2.75) is 26.0 Å². The van der Waals surface area contributed by atoms with E-state index in [4.69, 9.17) is 9.47 Å². The highest BCUT2D eigenvalue weighted by Gasteiger charge is 2.30. The van der Waals surface area contributed by atoms with Crippen molar-refractivity contribution in [1.29, 1.82) is 0 Å². The first-order valence-corrected chi connectivity index (χ1v) is 7.57. The summed E-state index contributed by atoms with van der Waals surface area (Å²) in [5.74, 6) is 0.527. The lowest BCUT2D eigenvalue weighted by molar-refractivity contribution is 0.0437. The van der Waals surface area contributed by atoms with Crippen LogP contribution in [0.2, 0.25) is 0 Å². The lowest BCUT2D eigenvalue weighted by atomic mass is 10.1. The molecule has 0 unspecified atom stereocenters. The largest absolute Gasteiger partial charge is 0.494 e. The number of cyclic esters (lactones) is 1. The molecule has 0 fully saturated rings. The number of nitrogens with one attached hydrogen (secondary N) is 1. The van der Waals surface area contributed by atoms with Crippen molar-refractivity contribution in [3.63, 3.8) is 0 Å². The Kier molecular flexibility index (Phi) is 4.28. The van der Waals surface area contributed by atoms with Gasteiger partial charge in [0.05, 0.1) is 12.2 Å². The zero-order chi connectivity index (χ0) is 15.4. The molecule has 0 aliphatic carbocycles. The molecule has 2 aromatic carbocycles. The number of carbonyl (C=O) groups is 1. The van der Waals surface area contributed by atoms with Crippen LogP contribution in [0.5, 0.6) is 5.75 Å². The Morgan fingerprint density at radius 3 is 2.91 bits per heavy atom. The third kappa shape index (κ3) is 3.06. The summed E-state index contributed by atoms with van der Waals surface area (Å²) in [4.78, 5) is 11.8. The van der Waals surface area contributed by atoms with Gasteiger partial charge in [-0.15, -0.1) is 0 Å². The molecule has 0 spiro atoms. The molecule has 4 nitrogen and oxygen atoms in total. The van der Waals surface area contributed by atoms with E-state index in [0.29, 0.717) is 12.2 Å². The summed E-state index contributed by atoms with van der Waals surface area (Å²) in [6, 6.07) is 15.1. The van der Waals surface area contributed by atoms with Gasteiger partial charge in [-0.1, -0.05) is 37.6 Å². The van der Waals surface area contributed by atoms with E-state index in [1.165, 1.54) is 0 Å². The lowest BCUT2D eigenvalue weighted by Gasteiger charge is -2.15. The molecule has 0 bridgehead atoms. The topological polar surface area (TPSA) is 47.6 Å². The van der Waals surface area contributed by atoms with Crippen LogP contribution in [-0.4, -0.2) is 12.6 Å². The monoisotopic (exact) mass is 297 g/mol. The molecule has 0 saturated heterocycles. The summed E-state index contributed by atoms with van der Waals surface area (Å²) < 4.78 is 11.1. The van der Waals surface area contributed by atoms with Gasteiger partial charge in [0, 0.05) is 17.3 Å². The van der Waals surface area contributed by atoms with Crippen molar-refractivity contribution in [3.05, 3.63) is 59.7 Å². The van der Waals surface area contributed by atoms with E-state index in [2.05, 4.69) is 12.2 Å². The Labute approximate surface area is 130 Å². The maximum Gasteiger partial charge on any atom is 0.340 e. The van der Waals surface area contributed by atoms with Crippen LogP contribution >= 0.6 is 0 Å². The van der Waals surface area contributed by atoms with Crippen molar-refractivity contribution < 1.29 is 14.3 Å². The number of benzene rings is 2. The molecular weight excluding hydrogens is 278 g/mol. The number of unbranched alkanes of at least 4 members (excludes halogenated alkanes) is 1. The molecular formula is C18H19NO3. The molecule has 1 aliphatic heterocycles. The average molecular weight is 297 g/mol. The van der Waals surface area contributed by atoms with E-state index in [9.17, 15) is 4.79 Å². The first-order chi connectivity index (χ1) is 10.8. The Hall–Kier alpha value is -2.49. The molecule has 2 aromatic rings. The van der Waals surface area contributed by atoms with Gasteiger partial charge < -0.3 is 14.8 Å². The second-order valence-corrected chi connectivity index (χ2v) is 5.25. The SMILES string of the molecule is CCCCOc1cccc(N[C@@H]2OC(=O)c3ccccc32)c1. The van der Waals surface area contributed by atoms with Gasteiger partial charge in [0.15, 0.2) is 0 Å². The van der Waals surface area contributed by atoms with Gasteiger partial charge in [-0.3, -0.25) is 0 Å². The van der Waals surface area contributed by atoms with E-state index in [1.807, 2.05) is 42.5 Å². The van der Waals surface area contributed by atoms with Crippen LogP contribution in [0, 0.1) is 0 Å². The molecule has 4 heteroatoms. The second kappa shape index (κ2) is 6.52.